The van der Waals surface area contributed by atoms with E-state index >= 15 is 0 Å². The van der Waals surface area contributed by atoms with E-state index in [2.05, 4.69) is 5.32 Å². The molecule has 1 aromatic heterocycles. The van der Waals surface area contributed by atoms with Crippen molar-refractivity contribution in [3.05, 3.63) is 17.1 Å². The summed E-state index contributed by atoms with van der Waals surface area (Å²) in [5.41, 5.74) is 0.712. The van der Waals surface area contributed by atoms with Crippen LogP contribution in [0, 0.1) is 13.8 Å². The number of ether oxygens (including phenoxy) is 1. The fraction of sp³-hybridized carbons (Fsp3) is 0.692. The van der Waals surface area contributed by atoms with E-state index in [1.165, 1.54) is 4.31 Å². The highest BCUT2D eigenvalue weighted by Gasteiger charge is 2.36. The fourth-order valence-electron chi connectivity index (χ4n) is 2.62. The molecule has 0 bridgehead atoms. The highest BCUT2D eigenvalue weighted by Crippen LogP contribution is 2.30. The van der Waals surface area contributed by atoms with Gasteiger partial charge in [0.1, 0.15) is 16.4 Å². The molecule has 1 saturated heterocycles. The molecule has 1 N–H and O–H groups in total. The zero-order chi connectivity index (χ0) is 14.9. The van der Waals surface area contributed by atoms with E-state index < -0.39 is 10.0 Å². The Kier molecular flexibility index (Phi) is 4.53. The van der Waals surface area contributed by atoms with Gasteiger partial charge in [0.2, 0.25) is 10.0 Å². The second-order valence-electron chi connectivity index (χ2n) is 5.09. The molecule has 7 heteroatoms. The molecule has 1 fully saturated rings. The van der Waals surface area contributed by atoms with Gasteiger partial charge in [-0.05, 0) is 27.8 Å². The maximum absolute atomic E-state index is 12.9. The largest absolute Gasteiger partial charge is 0.465 e. The first-order valence-corrected chi connectivity index (χ1v) is 8.16. The topological polar surface area (TPSA) is 71.8 Å². The van der Waals surface area contributed by atoms with E-state index in [0.717, 1.165) is 0 Å². The molecule has 0 aliphatic carbocycles. The van der Waals surface area contributed by atoms with Crippen LogP contribution >= 0.6 is 0 Å². The van der Waals surface area contributed by atoms with Gasteiger partial charge in [-0.1, -0.05) is 0 Å². The lowest BCUT2D eigenvalue weighted by molar-refractivity contribution is 0.0392. The summed E-state index contributed by atoms with van der Waals surface area (Å²) < 4.78 is 38.2. The van der Waals surface area contributed by atoms with Crippen LogP contribution in [0.25, 0.3) is 0 Å². The number of nitrogens with one attached hydrogen (secondary N) is 1. The second-order valence-corrected chi connectivity index (χ2v) is 6.92. The van der Waals surface area contributed by atoms with Crippen LogP contribution in [0.5, 0.6) is 0 Å². The molecule has 0 amide bonds. The van der Waals surface area contributed by atoms with Crippen LogP contribution in [0.2, 0.25) is 0 Å². The number of hydrogen-bond acceptors (Lipinski definition) is 5. The van der Waals surface area contributed by atoms with Gasteiger partial charge in [0.25, 0.3) is 0 Å². The zero-order valence-electron chi connectivity index (χ0n) is 12.4. The Labute approximate surface area is 120 Å². The lowest BCUT2D eigenvalue weighted by atomic mass is 10.2. The first kappa shape index (κ1) is 15.5. The average Bonchev–Trinajstić information content (AvgIpc) is 2.65. The van der Waals surface area contributed by atoms with Crippen molar-refractivity contribution < 1.29 is 17.6 Å². The van der Waals surface area contributed by atoms with E-state index in [9.17, 15) is 8.42 Å². The number of sulfonamides is 1. The Hall–Kier alpha value is -0.890. The molecular weight excluding hydrogens is 280 g/mol. The van der Waals surface area contributed by atoms with Crippen molar-refractivity contribution in [1.29, 1.82) is 0 Å². The third kappa shape index (κ3) is 2.63. The number of hydrogen-bond donors (Lipinski definition) is 1. The number of aryl methyl sites for hydroxylation is 2. The second kappa shape index (κ2) is 5.85. The van der Waals surface area contributed by atoms with Crippen LogP contribution in [0.1, 0.15) is 24.0 Å². The molecule has 114 valence electrons. The van der Waals surface area contributed by atoms with Crippen molar-refractivity contribution in [3.63, 3.8) is 0 Å². The summed E-state index contributed by atoms with van der Waals surface area (Å²) in [5.74, 6) is 1.10. The SMILES string of the molecule is CNCc1c(C)oc(C)c1S(=O)(=O)N1CCOCC1C. The van der Waals surface area contributed by atoms with Crippen LogP contribution in [0.15, 0.2) is 9.31 Å². The molecular formula is C13H22N2O4S. The molecule has 1 aromatic rings. The summed E-state index contributed by atoms with van der Waals surface area (Å²) in [5, 5.41) is 3.00. The van der Waals surface area contributed by atoms with Crippen molar-refractivity contribution in [2.75, 3.05) is 26.8 Å². The van der Waals surface area contributed by atoms with Gasteiger partial charge in [-0.2, -0.15) is 4.31 Å². The van der Waals surface area contributed by atoms with Crippen molar-refractivity contribution in [2.24, 2.45) is 0 Å². The third-order valence-electron chi connectivity index (χ3n) is 3.55. The van der Waals surface area contributed by atoms with Crippen LogP contribution in [0.3, 0.4) is 0 Å². The first-order chi connectivity index (χ1) is 9.39. The first-order valence-electron chi connectivity index (χ1n) is 6.72. The molecule has 0 saturated carbocycles. The van der Waals surface area contributed by atoms with Gasteiger partial charge in [-0.25, -0.2) is 8.42 Å². The molecule has 1 atom stereocenters. The van der Waals surface area contributed by atoms with Crippen LogP contribution in [-0.4, -0.2) is 45.6 Å². The molecule has 20 heavy (non-hydrogen) atoms. The minimum atomic E-state index is -3.55. The normalized spacial score (nSPS) is 21.3. The zero-order valence-corrected chi connectivity index (χ0v) is 13.2. The minimum Gasteiger partial charge on any atom is -0.465 e. The van der Waals surface area contributed by atoms with Crippen LogP contribution in [0.4, 0.5) is 0 Å². The summed E-state index contributed by atoms with van der Waals surface area (Å²) >= 11 is 0. The summed E-state index contributed by atoms with van der Waals surface area (Å²) in [6.07, 6.45) is 0. The standard InChI is InChI=1S/C13H22N2O4S/c1-9-8-18-6-5-15(9)20(16,17)13-11(3)19-10(2)12(13)7-14-4/h9,14H,5-8H2,1-4H3. The predicted octanol–water partition coefficient (Wildman–Crippen LogP) is 1.03. The summed E-state index contributed by atoms with van der Waals surface area (Å²) in [7, 11) is -1.77. The van der Waals surface area contributed by atoms with Gasteiger partial charge in [0.05, 0.1) is 13.2 Å². The predicted molar refractivity (Wildman–Crippen MR) is 75.1 cm³/mol. The van der Waals surface area contributed by atoms with Crippen LogP contribution in [-0.2, 0) is 21.3 Å². The Bertz CT molecular complexity index is 579. The van der Waals surface area contributed by atoms with E-state index in [0.29, 0.717) is 48.3 Å². The minimum absolute atomic E-state index is 0.161. The van der Waals surface area contributed by atoms with Gasteiger partial charge >= 0.3 is 0 Å². The molecule has 0 aromatic carbocycles. The molecule has 0 spiro atoms. The Morgan fingerprint density at radius 2 is 2.05 bits per heavy atom. The smallest absolute Gasteiger partial charge is 0.247 e. The molecule has 0 radical (unpaired) electrons. The Morgan fingerprint density at radius 3 is 2.65 bits per heavy atom. The number of furan rings is 1. The van der Waals surface area contributed by atoms with Gasteiger partial charge in [-0.3, -0.25) is 0 Å². The molecule has 2 rings (SSSR count). The van der Waals surface area contributed by atoms with E-state index in [1.54, 1.807) is 20.9 Å². The third-order valence-corrected chi connectivity index (χ3v) is 5.76. The monoisotopic (exact) mass is 302 g/mol. The summed E-state index contributed by atoms with van der Waals surface area (Å²) in [4.78, 5) is 0.304. The molecule has 1 unspecified atom stereocenters. The van der Waals surface area contributed by atoms with E-state index in [-0.39, 0.29) is 6.04 Å². The Morgan fingerprint density at radius 1 is 1.35 bits per heavy atom. The Balaban J connectivity index is 2.48. The van der Waals surface area contributed by atoms with E-state index in [4.69, 9.17) is 9.15 Å². The van der Waals surface area contributed by atoms with Crippen molar-refractivity contribution >= 4 is 10.0 Å². The number of nitrogens with zero attached hydrogens (tertiary/aromatic N) is 1. The van der Waals surface area contributed by atoms with Gasteiger partial charge in [0.15, 0.2) is 0 Å². The highest BCUT2D eigenvalue weighted by molar-refractivity contribution is 7.89. The fourth-order valence-corrected chi connectivity index (χ4v) is 4.63. The maximum atomic E-state index is 12.9. The summed E-state index contributed by atoms with van der Waals surface area (Å²) in [6.45, 7) is 7.06. The quantitative estimate of drug-likeness (QED) is 0.899. The van der Waals surface area contributed by atoms with E-state index in [1.807, 2.05) is 6.92 Å². The molecule has 1 aliphatic rings. The summed E-state index contributed by atoms with van der Waals surface area (Å²) in [6, 6.07) is -0.161. The molecule has 1 aliphatic heterocycles. The van der Waals surface area contributed by atoms with Gasteiger partial charge in [-0.15, -0.1) is 0 Å². The molecule has 2 heterocycles. The highest BCUT2D eigenvalue weighted by atomic mass is 32.2. The maximum Gasteiger partial charge on any atom is 0.247 e. The number of morpholine rings is 1. The van der Waals surface area contributed by atoms with Gasteiger partial charge in [0, 0.05) is 24.7 Å². The van der Waals surface area contributed by atoms with Crippen LogP contribution < -0.4 is 5.32 Å². The average molecular weight is 302 g/mol. The number of rotatable bonds is 4. The van der Waals surface area contributed by atoms with Gasteiger partial charge < -0.3 is 14.5 Å². The van der Waals surface area contributed by atoms with Crippen molar-refractivity contribution in [1.82, 2.24) is 9.62 Å². The lowest BCUT2D eigenvalue weighted by Crippen LogP contribution is -2.47. The lowest BCUT2D eigenvalue weighted by Gasteiger charge is -2.32. The van der Waals surface area contributed by atoms with Crippen molar-refractivity contribution in [2.45, 2.75) is 38.3 Å². The molecule has 6 nitrogen and oxygen atoms in total. The van der Waals surface area contributed by atoms with Crippen molar-refractivity contribution in [3.8, 4) is 0 Å².